The topological polar surface area (TPSA) is 84.2 Å². The molecule has 0 unspecified atom stereocenters. The molecule has 20 heavy (non-hydrogen) atoms. The normalized spacial score (nSPS) is 10.3. The molecular formula is C13H12BrN3O3. The molecule has 1 amide bonds. The number of carboxylic acids is 1. The average molecular weight is 338 g/mol. The lowest BCUT2D eigenvalue weighted by atomic mass is 10.2. The lowest BCUT2D eigenvalue weighted by molar-refractivity contribution is 0.0695. The van der Waals surface area contributed by atoms with Crippen LogP contribution in [-0.2, 0) is 7.05 Å². The van der Waals surface area contributed by atoms with E-state index in [1.807, 2.05) is 0 Å². The van der Waals surface area contributed by atoms with Crippen molar-refractivity contribution in [2.75, 3.05) is 5.32 Å². The Kier molecular flexibility index (Phi) is 3.89. The van der Waals surface area contributed by atoms with Gasteiger partial charge in [-0.15, -0.1) is 0 Å². The van der Waals surface area contributed by atoms with Crippen LogP contribution in [0.4, 0.5) is 5.69 Å². The summed E-state index contributed by atoms with van der Waals surface area (Å²) in [5.74, 6) is -1.41. The summed E-state index contributed by atoms with van der Waals surface area (Å²) in [5.41, 5.74) is 1.64. The Morgan fingerprint density at radius 2 is 2.05 bits per heavy atom. The van der Waals surface area contributed by atoms with Crippen molar-refractivity contribution in [2.24, 2.45) is 7.05 Å². The minimum atomic E-state index is -1.07. The third-order valence-corrected chi connectivity index (χ3v) is 3.38. The van der Waals surface area contributed by atoms with Gasteiger partial charge in [-0.2, -0.15) is 5.10 Å². The molecule has 2 aromatic rings. The fourth-order valence-electron chi connectivity index (χ4n) is 1.79. The van der Waals surface area contributed by atoms with E-state index in [-0.39, 0.29) is 11.5 Å². The summed E-state index contributed by atoms with van der Waals surface area (Å²) >= 11 is 3.15. The number of nitrogens with one attached hydrogen (secondary N) is 1. The molecule has 0 saturated heterocycles. The van der Waals surface area contributed by atoms with Crippen LogP contribution in [0.2, 0.25) is 0 Å². The number of aryl methyl sites for hydroxylation is 2. The zero-order chi connectivity index (χ0) is 14.9. The highest BCUT2D eigenvalue weighted by molar-refractivity contribution is 9.10. The zero-order valence-electron chi connectivity index (χ0n) is 10.8. The molecule has 0 fully saturated rings. The van der Waals surface area contributed by atoms with Crippen LogP contribution in [0.5, 0.6) is 0 Å². The lowest BCUT2D eigenvalue weighted by Crippen LogP contribution is -2.16. The van der Waals surface area contributed by atoms with E-state index in [2.05, 4.69) is 26.3 Å². The maximum absolute atomic E-state index is 12.1. The summed E-state index contributed by atoms with van der Waals surface area (Å²) in [4.78, 5) is 23.1. The SMILES string of the molecule is Cc1cc(C(=O)Nc2ccc(Br)c(C(=O)O)c2)n(C)n1. The summed E-state index contributed by atoms with van der Waals surface area (Å²) in [6, 6.07) is 6.26. The summed E-state index contributed by atoms with van der Waals surface area (Å²) in [6.07, 6.45) is 0. The van der Waals surface area contributed by atoms with Crippen LogP contribution in [-0.4, -0.2) is 26.8 Å². The number of carboxylic acid groups (broad SMARTS) is 1. The Hall–Kier alpha value is -2.15. The molecule has 6 nitrogen and oxygen atoms in total. The van der Waals surface area contributed by atoms with Gasteiger partial charge in [0.25, 0.3) is 5.91 Å². The standard InChI is InChI=1S/C13H12BrN3O3/c1-7-5-11(17(2)16-7)12(18)15-8-3-4-10(14)9(6-8)13(19)20/h3-6H,1-2H3,(H,15,18)(H,19,20). The van der Waals surface area contributed by atoms with E-state index in [1.165, 1.54) is 10.7 Å². The Balaban J connectivity index is 2.26. The Labute approximate surface area is 123 Å². The molecule has 1 heterocycles. The van der Waals surface area contributed by atoms with Crippen LogP contribution in [0, 0.1) is 6.92 Å². The molecule has 0 spiro atoms. The molecule has 104 valence electrons. The van der Waals surface area contributed by atoms with Gasteiger partial charge in [0, 0.05) is 17.2 Å². The highest BCUT2D eigenvalue weighted by Crippen LogP contribution is 2.21. The van der Waals surface area contributed by atoms with Gasteiger partial charge in [-0.25, -0.2) is 4.79 Å². The van der Waals surface area contributed by atoms with Crippen molar-refractivity contribution in [2.45, 2.75) is 6.92 Å². The van der Waals surface area contributed by atoms with E-state index in [0.717, 1.165) is 5.69 Å². The van der Waals surface area contributed by atoms with Crippen molar-refractivity contribution in [3.8, 4) is 0 Å². The van der Waals surface area contributed by atoms with Crippen LogP contribution in [0.1, 0.15) is 26.5 Å². The van der Waals surface area contributed by atoms with Gasteiger partial charge in [0.15, 0.2) is 0 Å². The van der Waals surface area contributed by atoms with E-state index in [9.17, 15) is 9.59 Å². The molecule has 1 aromatic carbocycles. The molecule has 0 aliphatic heterocycles. The van der Waals surface area contributed by atoms with Crippen LogP contribution in [0.15, 0.2) is 28.7 Å². The number of aromatic carboxylic acids is 1. The molecule has 0 saturated carbocycles. The second-order valence-corrected chi connectivity index (χ2v) is 5.10. The Morgan fingerprint density at radius 3 is 2.60 bits per heavy atom. The van der Waals surface area contributed by atoms with E-state index in [4.69, 9.17) is 5.11 Å². The van der Waals surface area contributed by atoms with E-state index in [1.54, 1.807) is 32.2 Å². The number of nitrogens with zero attached hydrogens (tertiary/aromatic N) is 2. The van der Waals surface area contributed by atoms with Crippen LogP contribution >= 0.6 is 15.9 Å². The maximum Gasteiger partial charge on any atom is 0.336 e. The van der Waals surface area contributed by atoms with Crippen LogP contribution in [0.3, 0.4) is 0 Å². The molecule has 0 bridgehead atoms. The molecule has 0 atom stereocenters. The Bertz CT molecular complexity index is 694. The van der Waals surface area contributed by atoms with Crippen LogP contribution in [0.25, 0.3) is 0 Å². The Morgan fingerprint density at radius 1 is 1.35 bits per heavy atom. The molecule has 1 aromatic heterocycles. The van der Waals surface area contributed by atoms with E-state index in [0.29, 0.717) is 15.9 Å². The molecule has 0 aliphatic rings. The number of halogens is 1. The minimum Gasteiger partial charge on any atom is -0.478 e. The first-order chi connectivity index (χ1) is 9.38. The van der Waals surface area contributed by atoms with Gasteiger partial charge in [-0.1, -0.05) is 0 Å². The first-order valence-electron chi connectivity index (χ1n) is 5.73. The molecular weight excluding hydrogens is 326 g/mol. The van der Waals surface area contributed by atoms with Gasteiger partial charge in [0.05, 0.1) is 11.3 Å². The summed E-state index contributed by atoms with van der Waals surface area (Å²) in [7, 11) is 1.67. The average Bonchev–Trinajstić information content (AvgIpc) is 2.70. The third-order valence-electron chi connectivity index (χ3n) is 2.69. The highest BCUT2D eigenvalue weighted by atomic mass is 79.9. The first-order valence-corrected chi connectivity index (χ1v) is 6.52. The maximum atomic E-state index is 12.1. The monoisotopic (exact) mass is 337 g/mol. The third kappa shape index (κ3) is 2.88. The zero-order valence-corrected chi connectivity index (χ0v) is 12.4. The number of rotatable bonds is 3. The fourth-order valence-corrected chi connectivity index (χ4v) is 2.20. The van der Waals surface area contributed by atoms with E-state index >= 15 is 0 Å². The molecule has 2 rings (SSSR count). The number of hydrogen-bond donors (Lipinski definition) is 2. The van der Waals surface area contributed by atoms with E-state index < -0.39 is 5.97 Å². The van der Waals surface area contributed by atoms with Crippen molar-refractivity contribution < 1.29 is 14.7 Å². The van der Waals surface area contributed by atoms with Crippen molar-refractivity contribution in [3.63, 3.8) is 0 Å². The highest BCUT2D eigenvalue weighted by Gasteiger charge is 2.14. The van der Waals surface area contributed by atoms with Crippen molar-refractivity contribution in [1.82, 2.24) is 9.78 Å². The van der Waals surface area contributed by atoms with Gasteiger partial charge in [-0.05, 0) is 47.1 Å². The lowest BCUT2D eigenvalue weighted by Gasteiger charge is -2.07. The number of anilines is 1. The number of amides is 1. The molecule has 7 heteroatoms. The smallest absolute Gasteiger partial charge is 0.336 e. The molecule has 0 aliphatic carbocycles. The molecule has 0 radical (unpaired) electrons. The summed E-state index contributed by atoms with van der Waals surface area (Å²) < 4.78 is 1.93. The van der Waals surface area contributed by atoms with Crippen molar-refractivity contribution in [3.05, 3.63) is 45.7 Å². The number of benzene rings is 1. The largest absolute Gasteiger partial charge is 0.478 e. The predicted octanol–water partition coefficient (Wildman–Crippen LogP) is 2.44. The van der Waals surface area contributed by atoms with Crippen molar-refractivity contribution in [1.29, 1.82) is 0 Å². The van der Waals surface area contributed by atoms with Gasteiger partial charge >= 0.3 is 5.97 Å². The molecule has 2 N–H and O–H groups in total. The first kappa shape index (κ1) is 14.3. The van der Waals surface area contributed by atoms with Crippen molar-refractivity contribution >= 4 is 33.5 Å². The number of hydrogen-bond acceptors (Lipinski definition) is 3. The van der Waals surface area contributed by atoms with Gasteiger partial charge < -0.3 is 10.4 Å². The van der Waals surface area contributed by atoms with Gasteiger partial charge in [0.2, 0.25) is 0 Å². The number of carbonyl (C=O) groups is 2. The quantitative estimate of drug-likeness (QED) is 0.900. The predicted molar refractivity (Wildman–Crippen MR) is 77.0 cm³/mol. The number of carbonyl (C=O) groups excluding carboxylic acids is 1. The second-order valence-electron chi connectivity index (χ2n) is 4.25. The summed E-state index contributed by atoms with van der Waals surface area (Å²) in [5, 5.41) is 15.8. The minimum absolute atomic E-state index is 0.0870. The summed E-state index contributed by atoms with van der Waals surface area (Å²) in [6.45, 7) is 1.79. The second kappa shape index (κ2) is 5.46. The fraction of sp³-hybridized carbons (Fsp3) is 0.154. The van der Waals surface area contributed by atoms with Gasteiger partial charge in [0.1, 0.15) is 5.69 Å². The number of aromatic nitrogens is 2. The van der Waals surface area contributed by atoms with Gasteiger partial charge in [-0.3, -0.25) is 9.48 Å². The van der Waals surface area contributed by atoms with Crippen LogP contribution < -0.4 is 5.32 Å².